The van der Waals surface area contributed by atoms with Gasteiger partial charge in [-0.2, -0.15) is 0 Å². The Morgan fingerprint density at radius 1 is 0.296 bits per heavy atom. The Morgan fingerprint density at radius 2 is 0.549 bits per heavy atom. The van der Waals surface area contributed by atoms with E-state index in [-0.39, 0.29) is 31.1 Å². The first-order chi connectivity index (χ1) is 35.0. The molecule has 0 aliphatic rings. The Kier molecular flexibility index (Phi) is 58.2. The Labute approximate surface area is 442 Å². The summed E-state index contributed by atoms with van der Waals surface area (Å²) in [5.41, 5.74) is 0. The van der Waals surface area contributed by atoms with E-state index < -0.39 is 6.10 Å². The zero-order valence-electron chi connectivity index (χ0n) is 47.8. The molecular formula is C65H120O6. The molecule has 0 aromatic rings. The lowest BCUT2D eigenvalue weighted by Crippen LogP contribution is -2.30. The minimum Gasteiger partial charge on any atom is -0.462 e. The van der Waals surface area contributed by atoms with Crippen molar-refractivity contribution in [1.29, 1.82) is 0 Å². The number of hydrogen-bond acceptors (Lipinski definition) is 6. The number of carbonyl (C=O) groups excluding carboxylic acids is 3. The van der Waals surface area contributed by atoms with Crippen molar-refractivity contribution in [3.63, 3.8) is 0 Å². The first-order valence-electron chi connectivity index (χ1n) is 31.5. The highest BCUT2D eigenvalue weighted by Gasteiger charge is 2.19. The van der Waals surface area contributed by atoms with Crippen LogP contribution in [0.15, 0.2) is 36.5 Å². The number of ether oxygens (including phenoxy) is 3. The van der Waals surface area contributed by atoms with E-state index in [4.69, 9.17) is 14.2 Å². The smallest absolute Gasteiger partial charge is 0.306 e. The Bertz CT molecular complexity index is 1130. The second-order valence-corrected chi connectivity index (χ2v) is 21.3. The number of carbonyl (C=O) groups is 3. The van der Waals surface area contributed by atoms with Gasteiger partial charge in [0.15, 0.2) is 6.10 Å². The number of rotatable bonds is 58. The van der Waals surface area contributed by atoms with Gasteiger partial charge in [-0.15, -0.1) is 0 Å². The topological polar surface area (TPSA) is 78.9 Å². The Morgan fingerprint density at radius 3 is 0.859 bits per heavy atom. The molecule has 0 aliphatic heterocycles. The summed E-state index contributed by atoms with van der Waals surface area (Å²) in [7, 11) is 0. The third-order valence-electron chi connectivity index (χ3n) is 14.2. The molecule has 6 nitrogen and oxygen atoms in total. The van der Waals surface area contributed by atoms with Gasteiger partial charge in [-0.25, -0.2) is 0 Å². The van der Waals surface area contributed by atoms with E-state index in [1.165, 1.54) is 205 Å². The molecule has 0 N–H and O–H groups in total. The summed E-state index contributed by atoms with van der Waals surface area (Å²) in [5.74, 6) is -0.866. The zero-order chi connectivity index (χ0) is 51.4. The normalized spacial score (nSPS) is 11.8. The number of esters is 3. The minimum absolute atomic E-state index is 0.0740. The van der Waals surface area contributed by atoms with Gasteiger partial charge in [0.1, 0.15) is 13.2 Å². The first-order valence-corrected chi connectivity index (χ1v) is 31.5. The largest absolute Gasteiger partial charge is 0.462 e. The van der Waals surface area contributed by atoms with Crippen LogP contribution in [0.1, 0.15) is 342 Å². The van der Waals surface area contributed by atoms with Crippen molar-refractivity contribution in [2.45, 2.75) is 348 Å². The van der Waals surface area contributed by atoms with Crippen LogP contribution in [0.2, 0.25) is 0 Å². The molecule has 0 rings (SSSR count). The van der Waals surface area contributed by atoms with Crippen molar-refractivity contribution >= 4 is 17.9 Å². The van der Waals surface area contributed by atoms with Crippen LogP contribution < -0.4 is 0 Å². The van der Waals surface area contributed by atoms with Crippen LogP contribution in [-0.2, 0) is 28.6 Å². The molecule has 0 saturated carbocycles. The Hall–Kier alpha value is -2.37. The summed E-state index contributed by atoms with van der Waals surface area (Å²) >= 11 is 0. The summed E-state index contributed by atoms with van der Waals surface area (Å²) in [6.07, 6.45) is 72.9. The van der Waals surface area contributed by atoms with Gasteiger partial charge in [0.2, 0.25) is 0 Å². The maximum absolute atomic E-state index is 12.9. The molecule has 0 aliphatic carbocycles. The molecule has 0 saturated heterocycles. The van der Waals surface area contributed by atoms with Gasteiger partial charge in [0.25, 0.3) is 0 Å². The van der Waals surface area contributed by atoms with Crippen molar-refractivity contribution in [3.8, 4) is 0 Å². The van der Waals surface area contributed by atoms with E-state index in [0.717, 1.165) is 96.3 Å². The van der Waals surface area contributed by atoms with Crippen molar-refractivity contribution in [3.05, 3.63) is 36.5 Å². The monoisotopic (exact) mass is 997 g/mol. The third-order valence-corrected chi connectivity index (χ3v) is 14.2. The molecule has 6 heteroatoms. The average molecular weight is 998 g/mol. The lowest BCUT2D eigenvalue weighted by atomic mass is 10.0. The molecule has 0 fully saturated rings. The fourth-order valence-electron chi connectivity index (χ4n) is 9.46. The maximum atomic E-state index is 12.9. The van der Waals surface area contributed by atoms with Crippen LogP contribution in [0.3, 0.4) is 0 Å². The predicted molar refractivity (Wildman–Crippen MR) is 307 cm³/mol. The molecule has 0 aromatic carbocycles. The second kappa shape index (κ2) is 60.2. The van der Waals surface area contributed by atoms with Crippen LogP contribution in [0.25, 0.3) is 0 Å². The van der Waals surface area contributed by atoms with Gasteiger partial charge < -0.3 is 14.2 Å². The highest BCUT2D eigenvalue weighted by molar-refractivity contribution is 5.71. The van der Waals surface area contributed by atoms with Gasteiger partial charge in [0, 0.05) is 19.3 Å². The van der Waals surface area contributed by atoms with Crippen molar-refractivity contribution < 1.29 is 28.6 Å². The highest BCUT2D eigenvalue weighted by Crippen LogP contribution is 2.18. The molecular weight excluding hydrogens is 877 g/mol. The molecule has 0 bridgehead atoms. The van der Waals surface area contributed by atoms with Crippen molar-refractivity contribution in [2.75, 3.05) is 13.2 Å². The maximum Gasteiger partial charge on any atom is 0.306 e. The average Bonchev–Trinajstić information content (AvgIpc) is 3.37. The highest BCUT2D eigenvalue weighted by atomic mass is 16.6. The quantitative estimate of drug-likeness (QED) is 0.0261. The zero-order valence-corrected chi connectivity index (χ0v) is 47.8. The molecule has 0 spiro atoms. The SMILES string of the molecule is CC/C=C\C/C=C\C/C=C\CCCCCCCC(=O)OC(COC(=O)CCCCCCCCCCCCCCCCCCCCC)COC(=O)CCCCCCCCCCCCCCCCCCCCC. The van der Waals surface area contributed by atoms with E-state index in [1.807, 2.05) is 0 Å². The van der Waals surface area contributed by atoms with Gasteiger partial charge in [-0.1, -0.05) is 308 Å². The number of unbranched alkanes of at least 4 members (excludes halogenated alkanes) is 41. The molecule has 0 heterocycles. The minimum atomic E-state index is -0.778. The van der Waals surface area contributed by atoms with E-state index in [0.29, 0.717) is 19.3 Å². The molecule has 416 valence electrons. The van der Waals surface area contributed by atoms with E-state index in [1.54, 1.807) is 0 Å². The third kappa shape index (κ3) is 58.4. The molecule has 0 aromatic heterocycles. The lowest BCUT2D eigenvalue weighted by molar-refractivity contribution is -0.167. The number of allylic oxidation sites excluding steroid dienone is 6. The fourth-order valence-corrected chi connectivity index (χ4v) is 9.46. The van der Waals surface area contributed by atoms with Crippen LogP contribution in [0.4, 0.5) is 0 Å². The van der Waals surface area contributed by atoms with Crippen LogP contribution >= 0.6 is 0 Å². The predicted octanol–water partition coefficient (Wildman–Crippen LogP) is 21.2. The Balaban J connectivity index is 4.31. The second-order valence-electron chi connectivity index (χ2n) is 21.3. The van der Waals surface area contributed by atoms with Gasteiger partial charge in [-0.3, -0.25) is 14.4 Å². The van der Waals surface area contributed by atoms with Crippen LogP contribution in [0.5, 0.6) is 0 Å². The standard InChI is InChI=1S/C65H120O6/c1-4-7-10-13-16-19-22-25-28-30-32-34-37-39-42-45-48-51-54-57-63(66)69-60-62(71-65(68)59-56-53-50-47-44-41-36-27-24-21-18-15-12-9-6-3)61-70-64(67)58-55-52-49-46-43-40-38-35-33-31-29-26-23-20-17-14-11-8-5-2/h9,12,18,21,27,36,62H,4-8,10-11,13-17,19-20,22-26,28-35,37-61H2,1-3H3/b12-9-,21-18-,36-27-. The van der Waals surface area contributed by atoms with E-state index in [9.17, 15) is 14.4 Å². The van der Waals surface area contributed by atoms with Crippen molar-refractivity contribution in [2.24, 2.45) is 0 Å². The number of hydrogen-bond donors (Lipinski definition) is 0. The van der Waals surface area contributed by atoms with Gasteiger partial charge in [0.05, 0.1) is 0 Å². The summed E-state index contributed by atoms with van der Waals surface area (Å²) < 4.78 is 16.9. The van der Waals surface area contributed by atoms with E-state index in [2.05, 4.69) is 57.2 Å². The molecule has 0 radical (unpaired) electrons. The molecule has 0 amide bonds. The van der Waals surface area contributed by atoms with Crippen LogP contribution in [-0.4, -0.2) is 37.2 Å². The lowest BCUT2D eigenvalue weighted by Gasteiger charge is -2.18. The summed E-state index contributed by atoms with van der Waals surface area (Å²) in [6, 6.07) is 0. The van der Waals surface area contributed by atoms with Crippen molar-refractivity contribution in [1.82, 2.24) is 0 Å². The summed E-state index contributed by atoms with van der Waals surface area (Å²) in [6.45, 7) is 6.58. The van der Waals surface area contributed by atoms with E-state index >= 15 is 0 Å². The molecule has 0 unspecified atom stereocenters. The summed E-state index contributed by atoms with van der Waals surface area (Å²) in [4.78, 5) is 38.3. The summed E-state index contributed by atoms with van der Waals surface area (Å²) in [5, 5.41) is 0. The van der Waals surface area contributed by atoms with Crippen LogP contribution in [0, 0.1) is 0 Å². The molecule has 71 heavy (non-hydrogen) atoms. The fraction of sp³-hybridized carbons (Fsp3) is 0.862. The first kappa shape index (κ1) is 68.6. The van der Waals surface area contributed by atoms with Gasteiger partial charge in [-0.05, 0) is 51.4 Å². The molecule has 0 atom stereocenters. The van der Waals surface area contributed by atoms with Gasteiger partial charge >= 0.3 is 17.9 Å².